The van der Waals surface area contributed by atoms with E-state index in [4.69, 9.17) is 11.6 Å². The van der Waals surface area contributed by atoms with Gasteiger partial charge in [-0.1, -0.05) is 48.4 Å². The Morgan fingerprint density at radius 2 is 1.67 bits per heavy atom. The van der Waals surface area contributed by atoms with Crippen molar-refractivity contribution < 1.29 is 18.0 Å². The molecule has 180 valence electrons. The van der Waals surface area contributed by atoms with E-state index in [1.807, 2.05) is 38.1 Å². The van der Waals surface area contributed by atoms with Crippen molar-refractivity contribution in [1.82, 2.24) is 10.2 Å². The van der Waals surface area contributed by atoms with Crippen LogP contribution in [0.15, 0.2) is 48.5 Å². The molecule has 2 aromatic rings. The second-order valence-electron chi connectivity index (χ2n) is 7.96. The topological polar surface area (TPSA) is 86.8 Å². The van der Waals surface area contributed by atoms with Gasteiger partial charge in [0.2, 0.25) is 21.8 Å². The van der Waals surface area contributed by atoms with Crippen LogP contribution in [0.3, 0.4) is 0 Å². The zero-order valence-electron chi connectivity index (χ0n) is 19.5. The maximum atomic E-state index is 13.2. The molecule has 0 aliphatic heterocycles. The van der Waals surface area contributed by atoms with E-state index in [9.17, 15) is 18.0 Å². The Balaban J connectivity index is 2.17. The fourth-order valence-electron chi connectivity index (χ4n) is 3.59. The van der Waals surface area contributed by atoms with Crippen molar-refractivity contribution in [2.45, 2.75) is 45.7 Å². The Morgan fingerprint density at radius 3 is 2.18 bits per heavy atom. The Labute approximate surface area is 201 Å². The third-order valence-electron chi connectivity index (χ3n) is 5.37. The summed E-state index contributed by atoms with van der Waals surface area (Å²) in [5.41, 5.74) is 2.44. The van der Waals surface area contributed by atoms with Gasteiger partial charge in [-0.2, -0.15) is 0 Å². The molecule has 0 bridgehead atoms. The zero-order valence-corrected chi connectivity index (χ0v) is 21.1. The van der Waals surface area contributed by atoms with Crippen molar-refractivity contribution in [2.75, 3.05) is 24.2 Å². The lowest BCUT2D eigenvalue weighted by Gasteiger charge is -2.30. The summed E-state index contributed by atoms with van der Waals surface area (Å²) in [6, 6.07) is 13.7. The summed E-state index contributed by atoms with van der Waals surface area (Å²) in [5, 5.41) is 3.21. The van der Waals surface area contributed by atoms with Gasteiger partial charge in [-0.05, 0) is 49.6 Å². The zero-order chi connectivity index (χ0) is 24.6. The predicted molar refractivity (Wildman–Crippen MR) is 133 cm³/mol. The lowest BCUT2D eigenvalue weighted by Crippen LogP contribution is -2.48. The number of halogens is 1. The molecule has 0 saturated heterocycles. The molecule has 9 heteroatoms. The average molecular weight is 494 g/mol. The number of nitrogens with zero attached hydrogens (tertiary/aromatic N) is 2. The fourth-order valence-corrected chi connectivity index (χ4v) is 4.68. The number of likely N-dealkylation sites (N-methyl/N-ethyl adjacent to an activating group) is 1. The average Bonchev–Trinajstić information content (AvgIpc) is 2.77. The summed E-state index contributed by atoms with van der Waals surface area (Å²) in [7, 11) is -1.97. The number of hydrogen-bond donors (Lipinski definition) is 1. The molecule has 0 aliphatic rings. The van der Waals surface area contributed by atoms with E-state index >= 15 is 0 Å². The fraction of sp³-hybridized carbons (Fsp3) is 0.417. The maximum absolute atomic E-state index is 13.2. The quantitative estimate of drug-likeness (QED) is 0.516. The lowest BCUT2D eigenvalue weighted by molar-refractivity contribution is -0.141. The normalized spacial score (nSPS) is 12.2. The summed E-state index contributed by atoms with van der Waals surface area (Å²) in [4.78, 5) is 27.2. The van der Waals surface area contributed by atoms with Crippen molar-refractivity contribution >= 4 is 39.1 Å². The van der Waals surface area contributed by atoms with Crippen molar-refractivity contribution in [1.29, 1.82) is 0 Å². The van der Waals surface area contributed by atoms with E-state index in [1.165, 1.54) is 4.31 Å². The molecule has 1 atom stereocenters. The van der Waals surface area contributed by atoms with Gasteiger partial charge in [0.15, 0.2) is 0 Å². The second-order valence-corrected chi connectivity index (χ2v) is 10.3. The minimum absolute atomic E-state index is 0.110. The number of sulfonamides is 1. The van der Waals surface area contributed by atoms with Gasteiger partial charge in [0, 0.05) is 31.6 Å². The number of nitrogens with one attached hydrogen (secondary N) is 1. The van der Waals surface area contributed by atoms with E-state index in [1.54, 1.807) is 36.2 Å². The first kappa shape index (κ1) is 26.7. The van der Waals surface area contributed by atoms with Crippen molar-refractivity contribution in [3.8, 4) is 0 Å². The predicted octanol–water partition coefficient (Wildman–Crippen LogP) is 3.75. The van der Waals surface area contributed by atoms with Crippen LogP contribution in [-0.2, 0) is 26.2 Å². The Morgan fingerprint density at radius 1 is 1.06 bits per heavy atom. The molecular weight excluding hydrogens is 462 g/mol. The molecule has 33 heavy (non-hydrogen) atoms. The van der Waals surface area contributed by atoms with E-state index in [-0.39, 0.29) is 31.3 Å². The minimum atomic E-state index is -3.51. The number of amides is 2. The summed E-state index contributed by atoms with van der Waals surface area (Å²) in [6.45, 7) is 4.21. The molecule has 7 nitrogen and oxygen atoms in total. The number of benzene rings is 2. The smallest absolute Gasteiger partial charge is 0.242 e. The van der Waals surface area contributed by atoms with Crippen LogP contribution in [-0.4, -0.2) is 51.0 Å². The SMILES string of the molecule is CC[C@@H](C(=O)NC)N(Cc1ccc(Cl)cc1)C(=O)CCCN(c1ccc(C)cc1)S(C)(=O)=O. The van der Waals surface area contributed by atoms with E-state index in [0.29, 0.717) is 23.6 Å². The Hall–Kier alpha value is -2.58. The van der Waals surface area contributed by atoms with Gasteiger partial charge in [0.25, 0.3) is 0 Å². The van der Waals surface area contributed by atoms with Gasteiger partial charge in [-0.3, -0.25) is 13.9 Å². The largest absolute Gasteiger partial charge is 0.357 e. The highest BCUT2D eigenvalue weighted by Gasteiger charge is 2.28. The third kappa shape index (κ3) is 7.75. The summed E-state index contributed by atoms with van der Waals surface area (Å²) in [5.74, 6) is -0.449. The van der Waals surface area contributed by atoms with Crippen molar-refractivity contribution in [2.24, 2.45) is 0 Å². The maximum Gasteiger partial charge on any atom is 0.242 e. The molecule has 0 aliphatic carbocycles. The van der Waals surface area contributed by atoms with Crippen LogP contribution >= 0.6 is 11.6 Å². The van der Waals surface area contributed by atoms with Gasteiger partial charge >= 0.3 is 0 Å². The van der Waals surface area contributed by atoms with Gasteiger partial charge in [0.05, 0.1) is 11.9 Å². The van der Waals surface area contributed by atoms with E-state index in [0.717, 1.165) is 17.4 Å². The molecule has 0 radical (unpaired) electrons. The van der Waals surface area contributed by atoms with Crippen LogP contribution in [0.25, 0.3) is 0 Å². The molecule has 0 aromatic heterocycles. The molecule has 2 amide bonds. The third-order valence-corrected chi connectivity index (χ3v) is 6.82. The minimum Gasteiger partial charge on any atom is -0.357 e. The van der Waals surface area contributed by atoms with Gasteiger partial charge in [-0.15, -0.1) is 0 Å². The van der Waals surface area contributed by atoms with Gasteiger partial charge in [-0.25, -0.2) is 8.42 Å². The number of rotatable bonds is 11. The van der Waals surface area contributed by atoms with Gasteiger partial charge < -0.3 is 10.2 Å². The van der Waals surface area contributed by atoms with E-state index in [2.05, 4.69) is 5.32 Å². The lowest BCUT2D eigenvalue weighted by atomic mass is 10.1. The highest BCUT2D eigenvalue weighted by molar-refractivity contribution is 7.92. The second kappa shape index (κ2) is 12.0. The number of carbonyl (C=O) groups excluding carboxylic acids is 2. The summed E-state index contributed by atoms with van der Waals surface area (Å²) < 4.78 is 26.0. The summed E-state index contributed by atoms with van der Waals surface area (Å²) in [6.07, 6.45) is 2.04. The first-order chi connectivity index (χ1) is 15.6. The monoisotopic (exact) mass is 493 g/mol. The molecule has 0 saturated carbocycles. The van der Waals surface area contributed by atoms with Crippen molar-refractivity contribution in [3.63, 3.8) is 0 Å². The molecule has 0 heterocycles. The first-order valence-electron chi connectivity index (χ1n) is 10.9. The molecular formula is C24H32ClN3O4S. The molecule has 0 spiro atoms. The number of anilines is 1. The van der Waals surface area contributed by atoms with Gasteiger partial charge in [0.1, 0.15) is 6.04 Å². The van der Waals surface area contributed by atoms with Crippen LogP contribution in [0.5, 0.6) is 0 Å². The van der Waals surface area contributed by atoms with Crippen LogP contribution in [0, 0.1) is 6.92 Å². The molecule has 2 aromatic carbocycles. The number of aryl methyl sites for hydroxylation is 1. The Kier molecular flexibility index (Phi) is 9.73. The molecule has 0 unspecified atom stereocenters. The van der Waals surface area contributed by atoms with Crippen LogP contribution in [0.1, 0.15) is 37.3 Å². The van der Waals surface area contributed by atoms with Crippen LogP contribution < -0.4 is 9.62 Å². The number of hydrogen-bond acceptors (Lipinski definition) is 4. The molecule has 2 rings (SSSR count). The molecule has 0 fully saturated rings. The molecule has 1 N–H and O–H groups in total. The van der Waals surface area contributed by atoms with Crippen molar-refractivity contribution in [3.05, 3.63) is 64.7 Å². The standard InChI is InChI=1S/C24H32ClN3O4S/c1-5-22(24(30)26-3)27(17-19-10-12-20(25)13-11-19)23(29)7-6-16-28(33(4,31)32)21-14-8-18(2)9-15-21/h8-15,22H,5-7,16-17H2,1-4H3,(H,26,30)/t22-/m0/s1. The van der Waals surface area contributed by atoms with E-state index < -0.39 is 16.1 Å². The number of carbonyl (C=O) groups is 2. The Bertz CT molecular complexity index is 1040. The highest BCUT2D eigenvalue weighted by atomic mass is 35.5. The summed E-state index contributed by atoms with van der Waals surface area (Å²) >= 11 is 5.97. The van der Waals surface area contributed by atoms with Crippen LogP contribution in [0.2, 0.25) is 5.02 Å². The highest BCUT2D eigenvalue weighted by Crippen LogP contribution is 2.20. The first-order valence-corrected chi connectivity index (χ1v) is 13.1. The van der Waals surface area contributed by atoms with Crippen LogP contribution in [0.4, 0.5) is 5.69 Å².